The Morgan fingerprint density at radius 3 is 2.28 bits per heavy atom. The zero-order valence-corrected chi connectivity index (χ0v) is 27.5. The van der Waals surface area contributed by atoms with Crippen LogP contribution in [-0.2, 0) is 11.2 Å². The van der Waals surface area contributed by atoms with Crippen molar-refractivity contribution in [1.29, 1.82) is 0 Å². The van der Waals surface area contributed by atoms with E-state index in [1.807, 2.05) is 12.1 Å². The molecular formula is C40H44N2O5. The Hall–Kier alpha value is -4.62. The largest absolute Gasteiger partial charge is 0.492 e. The molecule has 2 atom stereocenters. The van der Waals surface area contributed by atoms with Gasteiger partial charge in [-0.15, -0.1) is 0 Å². The molecule has 0 unspecified atom stereocenters. The molecule has 6 rings (SSSR count). The minimum Gasteiger partial charge on any atom is -0.492 e. The Balaban J connectivity index is 1.21. The number of rotatable bonds is 9. The summed E-state index contributed by atoms with van der Waals surface area (Å²) in [6.07, 6.45) is 3.77. The van der Waals surface area contributed by atoms with Crippen LogP contribution in [0.2, 0.25) is 0 Å². The smallest absolute Gasteiger partial charge is 0.412 e. The first-order valence-corrected chi connectivity index (χ1v) is 16.7. The van der Waals surface area contributed by atoms with Gasteiger partial charge in [0.2, 0.25) is 0 Å². The van der Waals surface area contributed by atoms with Crippen molar-refractivity contribution in [2.24, 2.45) is 0 Å². The summed E-state index contributed by atoms with van der Waals surface area (Å²) in [7, 11) is 0. The summed E-state index contributed by atoms with van der Waals surface area (Å²) in [5, 5.41) is 2.68. The lowest BCUT2D eigenvalue weighted by Crippen LogP contribution is -2.28. The summed E-state index contributed by atoms with van der Waals surface area (Å²) in [6.45, 7) is 9.36. The molecule has 0 aromatic heterocycles. The average Bonchev–Trinajstić information content (AvgIpc) is 3.58. The Labute approximate surface area is 277 Å². The molecule has 7 heteroatoms. The second-order valence-corrected chi connectivity index (χ2v) is 13.4. The minimum absolute atomic E-state index is 0.142. The van der Waals surface area contributed by atoms with Gasteiger partial charge in [0.1, 0.15) is 23.7 Å². The average molecular weight is 633 g/mol. The number of amides is 1. The summed E-state index contributed by atoms with van der Waals surface area (Å²) < 4.78 is 17.4. The van der Waals surface area contributed by atoms with Crippen LogP contribution < -0.4 is 14.8 Å². The molecule has 1 N–H and O–H groups in total. The highest BCUT2D eigenvalue weighted by Gasteiger charge is 2.32. The number of nitrogens with zero attached hydrogens (tertiary/aromatic N) is 1. The van der Waals surface area contributed by atoms with Crippen LogP contribution in [0.3, 0.4) is 0 Å². The molecule has 1 heterocycles. The van der Waals surface area contributed by atoms with Gasteiger partial charge in [-0.3, -0.25) is 10.2 Å². The molecule has 2 aliphatic rings. The third-order valence-electron chi connectivity index (χ3n) is 8.91. The molecule has 0 spiro atoms. The summed E-state index contributed by atoms with van der Waals surface area (Å²) >= 11 is 0. The standard InChI is InChI=1S/C40H44N2O5/c1-40(2,3)47-39(44)41-36-14-8-7-13-35(36)38(43)46-32-20-22-34-30(27-32)17-21-33(28-11-5-4-6-12-28)37(34)29-15-18-31(19-16-29)45-26-25-42-23-9-10-24-42/h4-8,11-16,18-20,22,27,33,37H,9-10,17,21,23-26H2,1-3H3,(H,41,44)/t33-,37+/m1/s1. The fourth-order valence-electron chi connectivity index (χ4n) is 6.75. The molecule has 1 amide bonds. The maximum Gasteiger partial charge on any atom is 0.412 e. The number of ether oxygens (including phenoxy) is 3. The number of nitrogens with one attached hydrogen (secondary N) is 1. The van der Waals surface area contributed by atoms with Crippen LogP contribution >= 0.6 is 0 Å². The van der Waals surface area contributed by atoms with Crippen molar-refractivity contribution in [1.82, 2.24) is 4.90 Å². The highest BCUT2D eigenvalue weighted by atomic mass is 16.6. The summed E-state index contributed by atoms with van der Waals surface area (Å²) in [6, 6.07) is 32.0. The van der Waals surface area contributed by atoms with Gasteiger partial charge in [0.05, 0.1) is 11.3 Å². The molecule has 4 aromatic carbocycles. The summed E-state index contributed by atoms with van der Waals surface area (Å²) in [4.78, 5) is 28.2. The van der Waals surface area contributed by atoms with Crippen LogP contribution in [-0.4, -0.2) is 48.8 Å². The maximum absolute atomic E-state index is 13.3. The lowest BCUT2D eigenvalue weighted by atomic mass is 9.69. The molecule has 244 valence electrons. The van der Waals surface area contributed by atoms with Crippen LogP contribution in [0.4, 0.5) is 10.5 Å². The predicted molar refractivity (Wildman–Crippen MR) is 185 cm³/mol. The normalized spacial score (nSPS) is 17.9. The van der Waals surface area contributed by atoms with E-state index in [1.54, 1.807) is 45.0 Å². The Morgan fingerprint density at radius 2 is 1.53 bits per heavy atom. The topological polar surface area (TPSA) is 77.1 Å². The van der Waals surface area contributed by atoms with Crippen molar-refractivity contribution in [3.05, 3.63) is 125 Å². The van der Waals surface area contributed by atoms with E-state index in [0.29, 0.717) is 24.0 Å². The molecule has 0 bridgehead atoms. The first-order chi connectivity index (χ1) is 22.7. The van der Waals surface area contributed by atoms with E-state index < -0.39 is 17.7 Å². The minimum atomic E-state index is -0.664. The molecule has 1 aliphatic carbocycles. The van der Waals surface area contributed by atoms with Gasteiger partial charge in [-0.2, -0.15) is 0 Å². The van der Waals surface area contributed by atoms with Gasteiger partial charge in [0.25, 0.3) is 0 Å². The van der Waals surface area contributed by atoms with Crippen molar-refractivity contribution in [3.8, 4) is 11.5 Å². The van der Waals surface area contributed by atoms with E-state index in [-0.39, 0.29) is 11.5 Å². The molecule has 1 aliphatic heterocycles. The lowest BCUT2D eigenvalue weighted by Gasteiger charge is -2.35. The van der Waals surface area contributed by atoms with Crippen LogP contribution in [0.1, 0.15) is 84.5 Å². The first-order valence-electron chi connectivity index (χ1n) is 16.7. The second kappa shape index (κ2) is 14.4. The number of hydrogen-bond acceptors (Lipinski definition) is 6. The molecular weight excluding hydrogens is 588 g/mol. The van der Waals surface area contributed by atoms with Gasteiger partial charge in [0, 0.05) is 12.5 Å². The highest BCUT2D eigenvalue weighted by Crippen LogP contribution is 2.47. The van der Waals surface area contributed by atoms with Crippen LogP contribution in [0.15, 0.2) is 97.1 Å². The van der Waals surface area contributed by atoms with Gasteiger partial charge in [-0.1, -0.05) is 60.7 Å². The number of carbonyl (C=O) groups excluding carboxylic acids is 2. The van der Waals surface area contributed by atoms with E-state index in [4.69, 9.17) is 14.2 Å². The van der Waals surface area contributed by atoms with E-state index >= 15 is 0 Å². The van der Waals surface area contributed by atoms with Crippen LogP contribution in [0.5, 0.6) is 11.5 Å². The van der Waals surface area contributed by atoms with Crippen LogP contribution in [0.25, 0.3) is 0 Å². The van der Waals surface area contributed by atoms with Gasteiger partial charge in [-0.05, 0) is 124 Å². The number of benzene rings is 4. The zero-order valence-electron chi connectivity index (χ0n) is 27.5. The van der Waals surface area contributed by atoms with Gasteiger partial charge in [-0.25, -0.2) is 9.59 Å². The maximum atomic E-state index is 13.3. The van der Waals surface area contributed by atoms with Crippen molar-refractivity contribution < 1.29 is 23.8 Å². The highest BCUT2D eigenvalue weighted by molar-refractivity contribution is 6.00. The van der Waals surface area contributed by atoms with Gasteiger partial charge >= 0.3 is 12.1 Å². The molecule has 0 radical (unpaired) electrons. The molecule has 47 heavy (non-hydrogen) atoms. The third-order valence-corrected chi connectivity index (χ3v) is 8.91. The first kappa shape index (κ1) is 32.3. The number of carbonyl (C=O) groups is 2. The van der Waals surface area contributed by atoms with E-state index in [1.165, 1.54) is 48.2 Å². The number of fused-ring (bicyclic) bond motifs is 1. The Bertz CT molecular complexity index is 1670. The summed E-state index contributed by atoms with van der Waals surface area (Å²) in [5.74, 6) is 1.27. The van der Waals surface area contributed by atoms with Crippen molar-refractivity contribution in [3.63, 3.8) is 0 Å². The fraction of sp³-hybridized carbons (Fsp3) is 0.350. The summed E-state index contributed by atoms with van der Waals surface area (Å²) in [5.41, 5.74) is 4.87. The van der Waals surface area contributed by atoms with E-state index in [2.05, 4.69) is 70.9 Å². The quantitative estimate of drug-likeness (QED) is 0.147. The monoisotopic (exact) mass is 632 g/mol. The van der Waals surface area contributed by atoms with Gasteiger partial charge in [0.15, 0.2) is 0 Å². The van der Waals surface area contributed by atoms with Crippen molar-refractivity contribution >= 4 is 17.7 Å². The molecule has 1 saturated heterocycles. The zero-order chi connectivity index (χ0) is 32.8. The Kier molecular flexibility index (Phi) is 9.92. The molecule has 7 nitrogen and oxygen atoms in total. The van der Waals surface area contributed by atoms with Crippen molar-refractivity contribution in [2.45, 2.75) is 63.9 Å². The number of esters is 1. The molecule has 1 fully saturated rings. The van der Waals surface area contributed by atoms with Gasteiger partial charge < -0.3 is 14.2 Å². The fourth-order valence-corrected chi connectivity index (χ4v) is 6.75. The number of anilines is 1. The lowest BCUT2D eigenvalue weighted by molar-refractivity contribution is 0.0636. The number of aryl methyl sites for hydroxylation is 1. The number of hydrogen-bond donors (Lipinski definition) is 1. The number of para-hydroxylation sites is 1. The Morgan fingerprint density at radius 1 is 0.830 bits per heavy atom. The van der Waals surface area contributed by atoms with Crippen molar-refractivity contribution in [2.75, 3.05) is 31.6 Å². The van der Waals surface area contributed by atoms with Crippen LogP contribution in [0, 0.1) is 0 Å². The SMILES string of the molecule is CC(C)(C)OC(=O)Nc1ccccc1C(=O)Oc1ccc2c(c1)CC[C@H](c1ccccc1)[C@@H]2c1ccc(OCCN2CCCC2)cc1. The number of likely N-dealkylation sites (tertiary alicyclic amines) is 1. The predicted octanol–water partition coefficient (Wildman–Crippen LogP) is 8.59. The van der Waals surface area contributed by atoms with E-state index in [9.17, 15) is 9.59 Å². The third kappa shape index (κ3) is 8.22. The molecule has 4 aromatic rings. The molecule has 0 saturated carbocycles. The second-order valence-electron chi connectivity index (χ2n) is 13.4. The van der Waals surface area contributed by atoms with E-state index in [0.717, 1.165) is 25.1 Å².